The summed E-state index contributed by atoms with van der Waals surface area (Å²) >= 11 is 0. The number of nitrogens with zero attached hydrogens (tertiary/aromatic N) is 3. The summed E-state index contributed by atoms with van der Waals surface area (Å²) in [4.78, 5) is 13.8. The van der Waals surface area contributed by atoms with Gasteiger partial charge in [-0.05, 0) is 49.1 Å². The first-order valence-corrected chi connectivity index (χ1v) is 7.75. The summed E-state index contributed by atoms with van der Waals surface area (Å²) in [5.74, 6) is -0.0239. The van der Waals surface area contributed by atoms with Gasteiger partial charge in [0.2, 0.25) is 5.91 Å². The van der Waals surface area contributed by atoms with Gasteiger partial charge in [-0.15, -0.1) is 0 Å². The number of hydrogen-bond donors (Lipinski definition) is 1. The Morgan fingerprint density at radius 1 is 1.39 bits per heavy atom. The van der Waals surface area contributed by atoms with Crippen molar-refractivity contribution in [3.05, 3.63) is 48.0 Å². The summed E-state index contributed by atoms with van der Waals surface area (Å²) in [6, 6.07) is 7.77. The van der Waals surface area contributed by atoms with Gasteiger partial charge in [0.1, 0.15) is 5.82 Å². The van der Waals surface area contributed by atoms with Gasteiger partial charge < -0.3 is 10.0 Å². The summed E-state index contributed by atoms with van der Waals surface area (Å²) in [5.41, 5.74) is 1.38. The van der Waals surface area contributed by atoms with E-state index in [1.165, 1.54) is 12.1 Å². The van der Waals surface area contributed by atoms with Gasteiger partial charge in [0.25, 0.3) is 0 Å². The molecule has 1 aromatic heterocycles. The van der Waals surface area contributed by atoms with E-state index >= 15 is 0 Å². The number of carbonyl (C=O) groups is 1. The number of amides is 1. The lowest BCUT2D eigenvalue weighted by atomic mass is 10.2. The van der Waals surface area contributed by atoms with Gasteiger partial charge in [0.05, 0.1) is 23.9 Å². The number of aliphatic hydroxyl groups excluding tert-OH is 1. The van der Waals surface area contributed by atoms with Crippen LogP contribution in [-0.4, -0.2) is 45.4 Å². The molecule has 0 saturated heterocycles. The maximum absolute atomic E-state index is 12.9. The molecule has 2 aromatic rings. The topological polar surface area (TPSA) is 58.4 Å². The molecule has 1 aliphatic rings. The molecular formula is C17H20FN3O2. The standard InChI is InChI=1S/C17H20FN3O2/c1-20(11-16(22)12-2-3-12)17(23)10-14-8-9-21(19-14)15-6-4-13(18)5-7-15/h4-9,12,16,22H,2-3,10-11H2,1H3. The van der Waals surface area contributed by atoms with Crippen LogP contribution in [-0.2, 0) is 11.2 Å². The molecule has 122 valence electrons. The predicted molar refractivity (Wildman–Crippen MR) is 83.6 cm³/mol. The van der Waals surface area contributed by atoms with Crippen molar-refractivity contribution < 1.29 is 14.3 Å². The highest BCUT2D eigenvalue weighted by Crippen LogP contribution is 2.32. The molecule has 1 aliphatic carbocycles. The molecule has 1 heterocycles. The summed E-state index contributed by atoms with van der Waals surface area (Å²) in [6.07, 6.45) is 3.59. The van der Waals surface area contributed by atoms with Gasteiger partial charge in [0, 0.05) is 19.8 Å². The van der Waals surface area contributed by atoms with Crippen LogP contribution in [0.5, 0.6) is 0 Å². The molecule has 1 atom stereocenters. The van der Waals surface area contributed by atoms with Crippen molar-refractivity contribution in [2.45, 2.75) is 25.4 Å². The highest BCUT2D eigenvalue weighted by molar-refractivity contribution is 5.78. The van der Waals surface area contributed by atoms with Crippen molar-refractivity contribution in [3.63, 3.8) is 0 Å². The van der Waals surface area contributed by atoms with Gasteiger partial charge in [-0.3, -0.25) is 4.79 Å². The molecule has 1 fully saturated rings. The molecule has 0 spiro atoms. The molecule has 23 heavy (non-hydrogen) atoms. The number of hydrogen-bond acceptors (Lipinski definition) is 3. The molecule has 1 unspecified atom stereocenters. The second-order valence-corrected chi connectivity index (χ2v) is 6.08. The lowest BCUT2D eigenvalue weighted by Gasteiger charge is -2.20. The Hall–Kier alpha value is -2.21. The normalized spacial score (nSPS) is 15.4. The lowest BCUT2D eigenvalue weighted by Crippen LogP contribution is -2.36. The Labute approximate surface area is 134 Å². The van der Waals surface area contributed by atoms with Crippen LogP contribution in [0.25, 0.3) is 5.69 Å². The second-order valence-electron chi connectivity index (χ2n) is 6.08. The minimum atomic E-state index is -0.430. The largest absolute Gasteiger partial charge is 0.391 e. The molecule has 0 radical (unpaired) electrons. The quantitative estimate of drug-likeness (QED) is 0.883. The van der Waals surface area contributed by atoms with Crippen LogP contribution in [0, 0.1) is 11.7 Å². The summed E-state index contributed by atoms with van der Waals surface area (Å²) in [6.45, 7) is 0.363. The molecule has 1 aromatic carbocycles. The van der Waals surface area contributed by atoms with Crippen molar-refractivity contribution in [2.24, 2.45) is 5.92 Å². The highest BCUT2D eigenvalue weighted by atomic mass is 19.1. The molecule has 1 amide bonds. The number of carbonyl (C=O) groups excluding carboxylic acids is 1. The van der Waals surface area contributed by atoms with Crippen molar-refractivity contribution in [2.75, 3.05) is 13.6 Å². The van der Waals surface area contributed by atoms with E-state index in [1.807, 2.05) is 0 Å². The average molecular weight is 317 g/mol. The van der Waals surface area contributed by atoms with Gasteiger partial charge in [0.15, 0.2) is 0 Å². The average Bonchev–Trinajstić information content (AvgIpc) is 3.28. The molecule has 0 bridgehead atoms. The molecule has 6 heteroatoms. The first-order chi connectivity index (χ1) is 11.0. The van der Waals surface area contributed by atoms with Crippen molar-refractivity contribution in [1.82, 2.24) is 14.7 Å². The number of aliphatic hydroxyl groups is 1. The zero-order valence-electron chi connectivity index (χ0n) is 13.0. The zero-order chi connectivity index (χ0) is 16.4. The zero-order valence-corrected chi connectivity index (χ0v) is 13.0. The summed E-state index contributed by atoms with van der Waals surface area (Å²) in [5, 5.41) is 14.2. The third-order valence-electron chi connectivity index (χ3n) is 4.12. The third-order valence-corrected chi connectivity index (χ3v) is 4.12. The van der Waals surface area contributed by atoms with E-state index in [4.69, 9.17) is 0 Å². The Morgan fingerprint density at radius 3 is 2.74 bits per heavy atom. The number of halogens is 1. The predicted octanol–water partition coefficient (Wildman–Crippen LogP) is 1.78. The Kier molecular flexibility index (Phi) is 4.43. The Morgan fingerprint density at radius 2 is 2.09 bits per heavy atom. The van der Waals surface area contributed by atoms with Crippen LogP contribution in [0.4, 0.5) is 4.39 Å². The van der Waals surface area contributed by atoms with Crippen molar-refractivity contribution >= 4 is 5.91 Å². The fourth-order valence-electron chi connectivity index (χ4n) is 2.50. The number of rotatable bonds is 6. The second kappa shape index (κ2) is 6.50. The summed E-state index contributed by atoms with van der Waals surface area (Å²) < 4.78 is 14.5. The number of likely N-dealkylation sites (N-methyl/N-ethyl adjacent to an activating group) is 1. The molecule has 1 saturated carbocycles. The number of benzene rings is 1. The maximum atomic E-state index is 12.9. The molecule has 1 N–H and O–H groups in total. The number of aromatic nitrogens is 2. The van der Waals surface area contributed by atoms with Crippen LogP contribution in [0.15, 0.2) is 36.5 Å². The van der Waals surface area contributed by atoms with E-state index in [1.54, 1.807) is 41.0 Å². The SMILES string of the molecule is CN(CC(O)C1CC1)C(=O)Cc1ccn(-c2ccc(F)cc2)n1. The van der Waals surface area contributed by atoms with Crippen molar-refractivity contribution in [1.29, 1.82) is 0 Å². The van der Waals surface area contributed by atoms with E-state index in [-0.39, 0.29) is 18.1 Å². The molecule has 3 rings (SSSR count). The van der Waals surface area contributed by atoms with Crippen LogP contribution >= 0.6 is 0 Å². The Bertz CT molecular complexity index is 679. The first-order valence-electron chi connectivity index (χ1n) is 7.75. The molecule has 0 aliphatic heterocycles. The monoisotopic (exact) mass is 317 g/mol. The van der Waals surface area contributed by atoms with E-state index < -0.39 is 6.10 Å². The third kappa shape index (κ3) is 3.96. The van der Waals surface area contributed by atoms with Gasteiger partial charge in [-0.25, -0.2) is 9.07 Å². The Balaban J connectivity index is 1.59. The smallest absolute Gasteiger partial charge is 0.228 e. The van der Waals surface area contributed by atoms with E-state index in [9.17, 15) is 14.3 Å². The highest BCUT2D eigenvalue weighted by Gasteiger charge is 2.31. The summed E-state index contributed by atoms with van der Waals surface area (Å²) in [7, 11) is 1.70. The molecule has 5 nitrogen and oxygen atoms in total. The fourth-order valence-corrected chi connectivity index (χ4v) is 2.50. The fraction of sp³-hybridized carbons (Fsp3) is 0.412. The van der Waals surface area contributed by atoms with Crippen LogP contribution in [0.1, 0.15) is 18.5 Å². The first kappa shape index (κ1) is 15.7. The van der Waals surface area contributed by atoms with Crippen molar-refractivity contribution in [3.8, 4) is 5.69 Å². The van der Waals surface area contributed by atoms with Crippen LogP contribution in [0.3, 0.4) is 0 Å². The van der Waals surface area contributed by atoms with E-state index in [0.29, 0.717) is 18.2 Å². The maximum Gasteiger partial charge on any atom is 0.228 e. The van der Waals surface area contributed by atoms with E-state index in [2.05, 4.69) is 5.10 Å². The van der Waals surface area contributed by atoms with Crippen LogP contribution < -0.4 is 0 Å². The lowest BCUT2D eigenvalue weighted by molar-refractivity contribution is -0.130. The van der Waals surface area contributed by atoms with Gasteiger partial charge >= 0.3 is 0 Å². The molecular weight excluding hydrogens is 297 g/mol. The van der Waals surface area contributed by atoms with Crippen LogP contribution in [0.2, 0.25) is 0 Å². The van der Waals surface area contributed by atoms with Gasteiger partial charge in [-0.1, -0.05) is 0 Å². The minimum Gasteiger partial charge on any atom is -0.391 e. The minimum absolute atomic E-state index is 0.0749. The van der Waals surface area contributed by atoms with E-state index in [0.717, 1.165) is 18.5 Å². The van der Waals surface area contributed by atoms with Gasteiger partial charge in [-0.2, -0.15) is 5.10 Å².